The van der Waals surface area contributed by atoms with Gasteiger partial charge in [0.2, 0.25) is 0 Å². The first-order valence-electron chi connectivity index (χ1n) is 10.6. The molecule has 0 saturated carbocycles. The summed E-state index contributed by atoms with van der Waals surface area (Å²) in [6.07, 6.45) is 4.30. The second-order valence-corrected chi connectivity index (χ2v) is 8.83. The summed E-state index contributed by atoms with van der Waals surface area (Å²) < 4.78 is 10.1. The number of benzene rings is 2. The lowest BCUT2D eigenvalue weighted by atomic mass is 10.1. The Morgan fingerprint density at radius 3 is 2.61 bits per heavy atom. The molecule has 170 valence electrons. The summed E-state index contributed by atoms with van der Waals surface area (Å²) in [6.45, 7) is 4.93. The smallest absolute Gasteiger partial charge is 0.151 e. The molecular weight excluding hydrogens is 457 g/mol. The minimum absolute atomic E-state index is 0. The molecule has 5 rings (SSSR count). The average molecular weight is 482 g/mol. The van der Waals surface area contributed by atoms with Crippen molar-refractivity contribution < 1.29 is 4.74 Å². The van der Waals surface area contributed by atoms with Crippen molar-refractivity contribution in [2.45, 2.75) is 20.3 Å². The fraction of sp³-hybridized carbons (Fsp3) is 0.240. The minimum Gasteiger partial charge on any atom is -0.493 e. The SMILES string of the molecule is CC(C)COc1ccc(Cl)cc1Cc1cccc(-n2cc3cc4ncnc4cc3n2C)n1.Cl. The second-order valence-electron chi connectivity index (χ2n) is 8.39. The van der Waals surface area contributed by atoms with Crippen LogP contribution >= 0.6 is 24.0 Å². The van der Waals surface area contributed by atoms with Gasteiger partial charge in [-0.25, -0.2) is 19.6 Å². The van der Waals surface area contributed by atoms with E-state index >= 15 is 0 Å². The van der Waals surface area contributed by atoms with E-state index < -0.39 is 0 Å². The summed E-state index contributed by atoms with van der Waals surface area (Å²) >= 11 is 6.28. The molecule has 33 heavy (non-hydrogen) atoms. The van der Waals surface area contributed by atoms with Crippen molar-refractivity contribution in [3.05, 3.63) is 77.3 Å². The standard InChI is InChI=1S/C25H24ClN5O.ClH/c1-16(2)14-32-24-8-7-19(26)9-17(24)10-20-5-4-6-25(29-20)31-13-18-11-21-22(28-15-27-21)12-23(18)30(31)3;/h4-9,11-13,15-16H,10,14H2,1-3H3;1H. The quantitative estimate of drug-likeness (QED) is 0.298. The summed E-state index contributed by atoms with van der Waals surface area (Å²) in [5, 5.41) is 1.78. The molecule has 3 heterocycles. The molecule has 0 amide bonds. The zero-order chi connectivity index (χ0) is 22.2. The number of ether oxygens (including phenoxy) is 1. The lowest BCUT2D eigenvalue weighted by Gasteiger charge is -2.14. The van der Waals surface area contributed by atoms with E-state index in [0.29, 0.717) is 24.0 Å². The molecule has 0 radical (unpaired) electrons. The zero-order valence-electron chi connectivity index (χ0n) is 18.7. The molecule has 0 unspecified atom stereocenters. The van der Waals surface area contributed by atoms with Crippen LogP contribution in [0.25, 0.3) is 27.8 Å². The number of hydrogen-bond acceptors (Lipinski definition) is 4. The molecule has 8 heteroatoms. The number of halogens is 2. The van der Waals surface area contributed by atoms with Crippen LogP contribution in [0.1, 0.15) is 25.1 Å². The van der Waals surface area contributed by atoms with Gasteiger partial charge >= 0.3 is 0 Å². The number of imidazole rings is 1. The number of aromatic nitrogens is 5. The molecule has 0 saturated heterocycles. The van der Waals surface area contributed by atoms with Crippen molar-refractivity contribution in [1.29, 1.82) is 0 Å². The largest absolute Gasteiger partial charge is 0.493 e. The van der Waals surface area contributed by atoms with Crippen molar-refractivity contribution in [2.75, 3.05) is 6.61 Å². The van der Waals surface area contributed by atoms with E-state index in [2.05, 4.69) is 46.8 Å². The lowest BCUT2D eigenvalue weighted by Crippen LogP contribution is -2.09. The van der Waals surface area contributed by atoms with E-state index in [1.165, 1.54) is 0 Å². The average Bonchev–Trinajstić information content (AvgIpc) is 3.35. The van der Waals surface area contributed by atoms with Gasteiger partial charge in [-0.15, -0.1) is 12.4 Å². The van der Waals surface area contributed by atoms with Crippen LogP contribution in [0.15, 0.2) is 61.1 Å². The van der Waals surface area contributed by atoms with E-state index in [4.69, 9.17) is 21.3 Å². The summed E-state index contributed by atoms with van der Waals surface area (Å²) in [5.41, 5.74) is 4.83. The van der Waals surface area contributed by atoms with Gasteiger partial charge in [0.05, 0.1) is 23.2 Å². The third kappa shape index (κ3) is 4.68. The number of fused-ring (bicyclic) bond motifs is 2. The third-order valence-electron chi connectivity index (χ3n) is 5.44. The van der Waals surface area contributed by atoms with Crippen molar-refractivity contribution in [2.24, 2.45) is 13.0 Å². The van der Waals surface area contributed by atoms with Crippen molar-refractivity contribution in [1.82, 2.24) is 24.3 Å². The fourth-order valence-corrected chi connectivity index (χ4v) is 4.05. The highest BCUT2D eigenvalue weighted by molar-refractivity contribution is 6.30. The van der Waals surface area contributed by atoms with Gasteiger partial charge in [-0.1, -0.05) is 31.5 Å². The molecule has 0 fully saturated rings. The molecule has 0 bridgehead atoms. The molecule has 5 aromatic rings. The third-order valence-corrected chi connectivity index (χ3v) is 5.68. The Labute approximate surface area is 203 Å². The summed E-state index contributed by atoms with van der Waals surface area (Å²) in [5.74, 6) is 2.14. The molecule has 3 aromatic heterocycles. The van der Waals surface area contributed by atoms with Crippen LogP contribution in [0.2, 0.25) is 5.02 Å². The number of pyridine rings is 1. The first-order chi connectivity index (χ1) is 15.5. The summed E-state index contributed by atoms with van der Waals surface area (Å²) in [7, 11) is 2.02. The predicted molar refractivity (Wildman–Crippen MR) is 135 cm³/mol. The van der Waals surface area contributed by atoms with Crippen LogP contribution in [-0.4, -0.2) is 30.9 Å². The second kappa shape index (κ2) is 9.41. The Bertz CT molecular complexity index is 1420. The topological polar surface area (TPSA) is 57.8 Å². The van der Waals surface area contributed by atoms with E-state index in [9.17, 15) is 0 Å². The van der Waals surface area contributed by atoms with E-state index in [1.807, 2.05) is 48.1 Å². The van der Waals surface area contributed by atoms with Crippen molar-refractivity contribution in [3.63, 3.8) is 0 Å². The predicted octanol–water partition coefficient (Wildman–Crippen LogP) is 6.01. The first kappa shape index (κ1) is 23.1. The van der Waals surface area contributed by atoms with Gasteiger partial charge < -0.3 is 4.74 Å². The molecule has 0 atom stereocenters. The Kier molecular flexibility index (Phi) is 6.58. The summed E-state index contributed by atoms with van der Waals surface area (Å²) in [6, 6.07) is 15.9. The highest BCUT2D eigenvalue weighted by atomic mass is 35.5. The fourth-order valence-electron chi connectivity index (χ4n) is 3.85. The number of aryl methyl sites for hydroxylation is 1. The number of rotatable bonds is 6. The number of hydrogen-bond donors (Lipinski definition) is 0. The van der Waals surface area contributed by atoms with Crippen molar-refractivity contribution >= 4 is 45.9 Å². The van der Waals surface area contributed by atoms with Crippen LogP contribution in [-0.2, 0) is 13.5 Å². The number of nitrogens with zero attached hydrogens (tertiary/aromatic N) is 5. The highest BCUT2D eigenvalue weighted by Gasteiger charge is 2.12. The Balaban J connectivity index is 0.00000259. The van der Waals surface area contributed by atoms with Crippen LogP contribution in [0.3, 0.4) is 0 Å². The minimum atomic E-state index is 0. The normalized spacial score (nSPS) is 11.3. The molecule has 0 aliphatic heterocycles. The van der Waals surface area contributed by atoms with Crippen LogP contribution in [0.4, 0.5) is 0 Å². The van der Waals surface area contributed by atoms with Gasteiger partial charge in [-0.2, -0.15) is 0 Å². The van der Waals surface area contributed by atoms with Crippen molar-refractivity contribution in [3.8, 4) is 11.6 Å². The molecule has 0 spiro atoms. The maximum atomic E-state index is 6.28. The molecule has 0 N–H and O–H groups in total. The van der Waals surface area contributed by atoms with Crippen LogP contribution < -0.4 is 4.74 Å². The van der Waals surface area contributed by atoms with Crippen LogP contribution in [0, 0.1) is 5.92 Å². The monoisotopic (exact) mass is 481 g/mol. The maximum absolute atomic E-state index is 6.28. The van der Waals surface area contributed by atoms with Gasteiger partial charge in [0.25, 0.3) is 0 Å². The zero-order valence-corrected chi connectivity index (χ0v) is 20.3. The molecule has 2 aromatic carbocycles. The Hall–Kier alpha value is -3.09. The molecular formula is C25H25Cl2N5O. The molecule has 0 aliphatic carbocycles. The van der Waals surface area contributed by atoms with Crippen LogP contribution in [0.5, 0.6) is 5.75 Å². The van der Waals surface area contributed by atoms with Gasteiger partial charge in [0.1, 0.15) is 12.1 Å². The molecule has 0 aliphatic rings. The Morgan fingerprint density at radius 2 is 1.82 bits per heavy atom. The Morgan fingerprint density at radius 1 is 1.03 bits per heavy atom. The molecule has 6 nitrogen and oxygen atoms in total. The maximum Gasteiger partial charge on any atom is 0.151 e. The van der Waals surface area contributed by atoms with E-state index in [-0.39, 0.29) is 12.4 Å². The first-order valence-corrected chi connectivity index (χ1v) is 11.0. The van der Waals surface area contributed by atoms with E-state index in [1.54, 1.807) is 6.33 Å². The van der Waals surface area contributed by atoms with Gasteiger partial charge in [-0.05, 0) is 48.4 Å². The van der Waals surface area contributed by atoms with Gasteiger partial charge in [0, 0.05) is 41.3 Å². The summed E-state index contributed by atoms with van der Waals surface area (Å²) in [4.78, 5) is 13.6. The lowest BCUT2D eigenvalue weighted by molar-refractivity contribution is 0.269. The van der Waals surface area contributed by atoms with E-state index in [0.717, 1.165) is 44.8 Å². The highest BCUT2D eigenvalue weighted by Crippen LogP contribution is 2.27. The van der Waals surface area contributed by atoms with Gasteiger partial charge in [-0.3, -0.25) is 4.68 Å². The van der Waals surface area contributed by atoms with Gasteiger partial charge in [0.15, 0.2) is 5.82 Å².